The number of rotatable bonds is 5. The zero-order valence-corrected chi connectivity index (χ0v) is 20.4. The fourth-order valence-electron chi connectivity index (χ4n) is 4.06. The number of ether oxygens (including phenoxy) is 2. The SMILES string of the molecule is CC(C)[C@H]1COC(=O)N1c1cc(C(C)(C)C)cc(N2C(=O)OC[C@@H]2C(C)C)c1S(=O)(=O)O. The highest BCUT2D eigenvalue weighted by Gasteiger charge is 2.44. The summed E-state index contributed by atoms with van der Waals surface area (Å²) in [6.45, 7) is 13.6. The average Bonchev–Trinajstić information content (AvgIpc) is 3.21. The van der Waals surface area contributed by atoms with E-state index in [2.05, 4.69) is 0 Å². The lowest BCUT2D eigenvalue weighted by molar-refractivity contribution is 0.176. The molecule has 2 heterocycles. The van der Waals surface area contributed by atoms with Gasteiger partial charge in [0.2, 0.25) is 0 Å². The van der Waals surface area contributed by atoms with Gasteiger partial charge in [0.25, 0.3) is 10.1 Å². The lowest BCUT2D eigenvalue weighted by atomic mass is 9.86. The van der Waals surface area contributed by atoms with Crippen molar-refractivity contribution in [3.63, 3.8) is 0 Å². The normalized spacial score (nSPS) is 22.2. The molecule has 2 saturated heterocycles. The molecular weight excluding hydrogens is 436 g/mol. The molecule has 0 aromatic heterocycles. The standard InChI is InChI=1S/C22H32N2O7S/c1-12(2)17-10-30-20(25)23(17)15-8-14(22(5,6)7)9-16(19(15)32(27,28)29)24-18(13(3)4)11-31-21(24)26/h8-9,12-13,17-18H,10-11H2,1-7H3,(H,27,28,29)/t17-,18-/m1/s1. The molecule has 2 fully saturated rings. The van der Waals surface area contributed by atoms with Crippen molar-refractivity contribution < 1.29 is 32.0 Å². The van der Waals surface area contributed by atoms with Gasteiger partial charge in [-0.3, -0.25) is 14.4 Å². The Hall–Kier alpha value is -2.33. The van der Waals surface area contributed by atoms with Crippen molar-refractivity contribution in [2.75, 3.05) is 23.0 Å². The van der Waals surface area contributed by atoms with E-state index in [-0.39, 0.29) is 36.4 Å². The zero-order valence-electron chi connectivity index (χ0n) is 19.6. The molecule has 0 bridgehead atoms. The first kappa shape index (κ1) is 24.3. The average molecular weight is 469 g/mol. The van der Waals surface area contributed by atoms with Crippen LogP contribution in [-0.4, -0.2) is 50.5 Å². The second-order valence-electron chi connectivity index (χ2n) is 10.1. The maximum atomic E-state index is 12.7. The van der Waals surface area contributed by atoms with Crippen LogP contribution in [0.3, 0.4) is 0 Å². The number of amides is 2. The fourth-order valence-corrected chi connectivity index (χ4v) is 4.90. The number of benzene rings is 1. The van der Waals surface area contributed by atoms with Gasteiger partial charge in [0.15, 0.2) is 0 Å². The second kappa shape index (κ2) is 8.22. The monoisotopic (exact) mass is 468 g/mol. The van der Waals surface area contributed by atoms with E-state index in [0.29, 0.717) is 5.56 Å². The minimum absolute atomic E-state index is 0.00155. The van der Waals surface area contributed by atoms with E-state index in [9.17, 15) is 22.6 Å². The van der Waals surface area contributed by atoms with Crippen LogP contribution in [0.15, 0.2) is 17.0 Å². The van der Waals surface area contributed by atoms with E-state index in [1.807, 2.05) is 48.5 Å². The van der Waals surface area contributed by atoms with E-state index >= 15 is 0 Å². The summed E-state index contributed by atoms with van der Waals surface area (Å²) >= 11 is 0. The summed E-state index contributed by atoms with van der Waals surface area (Å²) < 4.78 is 46.2. The first-order valence-corrected chi connectivity index (χ1v) is 12.2. The lowest BCUT2D eigenvalue weighted by Gasteiger charge is -2.32. The Morgan fingerprint density at radius 2 is 1.28 bits per heavy atom. The van der Waals surface area contributed by atoms with Gasteiger partial charge in [0, 0.05) is 0 Å². The van der Waals surface area contributed by atoms with Gasteiger partial charge in [-0.25, -0.2) is 9.59 Å². The van der Waals surface area contributed by atoms with E-state index < -0.39 is 44.7 Å². The molecule has 0 saturated carbocycles. The third-order valence-electron chi connectivity index (χ3n) is 6.04. The van der Waals surface area contributed by atoms with Gasteiger partial charge in [-0.15, -0.1) is 0 Å². The molecule has 0 radical (unpaired) electrons. The summed E-state index contributed by atoms with van der Waals surface area (Å²) in [6.07, 6.45) is -1.40. The van der Waals surface area contributed by atoms with Crippen LogP contribution in [0.25, 0.3) is 0 Å². The Labute approximate surface area is 189 Å². The molecule has 0 aliphatic carbocycles. The molecule has 2 aliphatic rings. The Morgan fingerprint density at radius 1 is 0.906 bits per heavy atom. The summed E-state index contributed by atoms with van der Waals surface area (Å²) in [6, 6.07) is 2.30. The van der Waals surface area contributed by atoms with E-state index in [1.54, 1.807) is 12.1 Å². The van der Waals surface area contributed by atoms with Crippen LogP contribution >= 0.6 is 0 Å². The van der Waals surface area contributed by atoms with Gasteiger partial charge in [-0.05, 0) is 34.9 Å². The quantitative estimate of drug-likeness (QED) is 0.645. The largest absolute Gasteiger partial charge is 0.447 e. The topological polar surface area (TPSA) is 113 Å². The van der Waals surface area contributed by atoms with Crippen molar-refractivity contribution in [1.82, 2.24) is 0 Å². The van der Waals surface area contributed by atoms with Crippen LogP contribution in [0.5, 0.6) is 0 Å². The molecule has 0 unspecified atom stereocenters. The van der Waals surface area contributed by atoms with Crippen LogP contribution in [0.2, 0.25) is 0 Å². The smallest absolute Gasteiger partial charge is 0.414 e. The predicted octanol–water partition coefficient (Wildman–Crippen LogP) is 4.19. The molecule has 178 valence electrons. The minimum atomic E-state index is -4.85. The van der Waals surface area contributed by atoms with Crippen molar-refractivity contribution in [2.45, 2.75) is 70.9 Å². The molecule has 0 spiro atoms. The van der Waals surface area contributed by atoms with Gasteiger partial charge in [0.05, 0.1) is 23.5 Å². The molecule has 3 rings (SSSR count). The van der Waals surface area contributed by atoms with Crippen LogP contribution in [0, 0.1) is 11.8 Å². The van der Waals surface area contributed by atoms with Crippen molar-refractivity contribution in [3.05, 3.63) is 17.7 Å². The number of carbonyl (C=O) groups excluding carboxylic acids is 2. The molecule has 1 aromatic carbocycles. The van der Waals surface area contributed by atoms with E-state index in [0.717, 1.165) is 0 Å². The van der Waals surface area contributed by atoms with Crippen molar-refractivity contribution in [2.24, 2.45) is 11.8 Å². The molecule has 2 aliphatic heterocycles. The number of nitrogens with zero attached hydrogens (tertiary/aromatic N) is 2. The molecule has 32 heavy (non-hydrogen) atoms. The van der Waals surface area contributed by atoms with Crippen LogP contribution in [-0.2, 0) is 25.0 Å². The summed E-state index contributed by atoms with van der Waals surface area (Å²) in [4.78, 5) is 27.5. The number of anilines is 2. The number of hydrogen-bond acceptors (Lipinski definition) is 6. The molecular formula is C22H32N2O7S. The van der Waals surface area contributed by atoms with Crippen LogP contribution < -0.4 is 9.80 Å². The molecule has 1 aromatic rings. The van der Waals surface area contributed by atoms with Crippen molar-refractivity contribution >= 4 is 33.7 Å². The number of hydrogen-bond donors (Lipinski definition) is 1. The van der Waals surface area contributed by atoms with Crippen LogP contribution in [0.1, 0.15) is 54.0 Å². The highest BCUT2D eigenvalue weighted by atomic mass is 32.2. The zero-order chi connectivity index (χ0) is 24.2. The fraction of sp³-hybridized carbons (Fsp3) is 0.636. The first-order chi connectivity index (χ1) is 14.6. The lowest BCUT2D eigenvalue weighted by Crippen LogP contribution is -2.41. The number of cyclic esters (lactones) is 2. The van der Waals surface area contributed by atoms with Gasteiger partial charge in [-0.1, -0.05) is 48.5 Å². The minimum Gasteiger partial charge on any atom is -0.447 e. The molecule has 2 atom stereocenters. The third kappa shape index (κ3) is 4.30. The summed E-state index contributed by atoms with van der Waals surface area (Å²) in [5, 5.41) is 0. The summed E-state index contributed by atoms with van der Waals surface area (Å²) in [5.74, 6) is -0.0878. The maximum absolute atomic E-state index is 12.7. The summed E-state index contributed by atoms with van der Waals surface area (Å²) in [7, 11) is -4.85. The Bertz CT molecular complexity index is 970. The third-order valence-corrected chi connectivity index (χ3v) is 6.98. The van der Waals surface area contributed by atoms with Crippen molar-refractivity contribution in [1.29, 1.82) is 0 Å². The van der Waals surface area contributed by atoms with Crippen LogP contribution in [0.4, 0.5) is 21.0 Å². The maximum Gasteiger partial charge on any atom is 0.414 e. The molecule has 10 heteroatoms. The highest BCUT2D eigenvalue weighted by molar-refractivity contribution is 7.86. The van der Waals surface area contributed by atoms with Gasteiger partial charge >= 0.3 is 12.2 Å². The molecule has 9 nitrogen and oxygen atoms in total. The number of carbonyl (C=O) groups is 2. The van der Waals surface area contributed by atoms with Gasteiger partial charge in [0.1, 0.15) is 18.1 Å². The van der Waals surface area contributed by atoms with Gasteiger partial charge in [-0.2, -0.15) is 8.42 Å². The van der Waals surface area contributed by atoms with Crippen molar-refractivity contribution in [3.8, 4) is 0 Å². The Morgan fingerprint density at radius 3 is 1.56 bits per heavy atom. The second-order valence-corrected chi connectivity index (χ2v) is 11.4. The molecule has 1 N–H and O–H groups in total. The Kier molecular flexibility index (Phi) is 6.25. The summed E-state index contributed by atoms with van der Waals surface area (Å²) in [5.41, 5.74) is 0.241. The Balaban J connectivity index is 2.40. The van der Waals surface area contributed by atoms with E-state index in [1.165, 1.54) is 9.80 Å². The highest BCUT2D eigenvalue weighted by Crippen LogP contribution is 2.44. The first-order valence-electron chi connectivity index (χ1n) is 10.7. The van der Waals surface area contributed by atoms with E-state index in [4.69, 9.17) is 9.47 Å². The van der Waals surface area contributed by atoms with Gasteiger partial charge < -0.3 is 9.47 Å². The molecule has 2 amide bonds. The predicted molar refractivity (Wildman–Crippen MR) is 120 cm³/mol.